The van der Waals surface area contributed by atoms with Gasteiger partial charge in [0.15, 0.2) is 0 Å². The van der Waals surface area contributed by atoms with Crippen molar-refractivity contribution >= 4 is 0 Å². The summed E-state index contributed by atoms with van der Waals surface area (Å²) < 4.78 is 19.2. The second-order valence-corrected chi connectivity index (χ2v) is 5.13. The molecule has 1 atom stereocenters. The maximum absolute atomic E-state index is 13.4. The lowest BCUT2D eigenvalue weighted by Crippen LogP contribution is -2.14. The van der Waals surface area contributed by atoms with E-state index < -0.39 is 0 Å². The van der Waals surface area contributed by atoms with Gasteiger partial charge < -0.3 is 10.1 Å². The number of ether oxygens (including phenoxy) is 1. The van der Waals surface area contributed by atoms with E-state index in [1.807, 2.05) is 32.2 Å². The lowest BCUT2D eigenvalue weighted by atomic mass is 10.1. The number of rotatable bonds is 7. The van der Waals surface area contributed by atoms with Crippen LogP contribution < -0.4 is 10.1 Å². The Bertz CT molecular complexity index is 556. The third-order valence-corrected chi connectivity index (χ3v) is 3.59. The summed E-state index contributed by atoms with van der Waals surface area (Å²) in [5.41, 5.74) is 2.28. The summed E-state index contributed by atoms with van der Waals surface area (Å²) in [7, 11) is 1.88. The average molecular weight is 287 g/mol. The summed E-state index contributed by atoms with van der Waals surface area (Å²) in [5.74, 6) is 0.366. The van der Waals surface area contributed by atoms with Gasteiger partial charge in [-0.2, -0.15) is 0 Å². The van der Waals surface area contributed by atoms with Crippen molar-refractivity contribution in [1.82, 2.24) is 5.32 Å². The van der Waals surface area contributed by atoms with Gasteiger partial charge in [-0.25, -0.2) is 4.39 Å². The fraction of sp³-hybridized carbons (Fsp3) is 0.333. The molecular formula is C18H22FNO. The first-order chi connectivity index (χ1) is 10.2. The van der Waals surface area contributed by atoms with Gasteiger partial charge in [-0.3, -0.25) is 0 Å². The van der Waals surface area contributed by atoms with Crippen LogP contribution in [-0.2, 0) is 6.42 Å². The molecule has 0 aliphatic rings. The van der Waals surface area contributed by atoms with Gasteiger partial charge >= 0.3 is 0 Å². The molecule has 2 aromatic carbocycles. The first-order valence-electron chi connectivity index (χ1n) is 7.34. The molecule has 0 saturated heterocycles. The van der Waals surface area contributed by atoms with E-state index in [4.69, 9.17) is 4.74 Å². The van der Waals surface area contributed by atoms with Gasteiger partial charge in [0.1, 0.15) is 11.6 Å². The van der Waals surface area contributed by atoms with Crippen LogP contribution in [0.15, 0.2) is 48.5 Å². The highest BCUT2D eigenvalue weighted by Crippen LogP contribution is 2.26. The summed E-state index contributed by atoms with van der Waals surface area (Å²) >= 11 is 0. The largest absolute Gasteiger partial charge is 0.493 e. The van der Waals surface area contributed by atoms with Crippen molar-refractivity contribution in [3.05, 3.63) is 65.5 Å². The molecule has 0 aromatic heterocycles. The molecule has 0 spiro atoms. The molecule has 112 valence electrons. The zero-order valence-electron chi connectivity index (χ0n) is 12.6. The molecule has 0 bridgehead atoms. The van der Waals surface area contributed by atoms with Crippen molar-refractivity contribution in [2.75, 3.05) is 13.7 Å². The molecule has 2 rings (SSSR count). The summed E-state index contributed by atoms with van der Waals surface area (Å²) in [4.78, 5) is 0. The van der Waals surface area contributed by atoms with Crippen LogP contribution in [0.3, 0.4) is 0 Å². The Balaban J connectivity index is 1.91. The highest BCUT2D eigenvalue weighted by molar-refractivity contribution is 5.36. The lowest BCUT2D eigenvalue weighted by Gasteiger charge is -2.16. The SMILES string of the molecule is CNC(C)c1ccc(F)cc1OCCCc1ccccc1. The molecule has 2 nitrogen and oxygen atoms in total. The average Bonchev–Trinajstić information content (AvgIpc) is 2.52. The van der Waals surface area contributed by atoms with Gasteiger partial charge in [-0.05, 0) is 38.4 Å². The minimum Gasteiger partial charge on any atom is -0.493 e. The Hall–Kier alpha value is -1.87. The highest BCUT2D eigenvalue weighted by Gasteiger charge is 2.11. The minimum absolute atomic E-state index is 0.134. The molecule has 2 aromatic rings. The van der Waals surface area contributed by atoms with Crippen LogP contribution in [0.25, 0.3) is 0 Å². The van der Waals surface area contributed by atoms with Crippen molar-refractivity contribution in [3.63, 3.8) is 0 Å². The van der Waals surface area contributed by atoms with Crippen LogP contribution in [0, 0.1) is 5.82 Å². The molecule has 0 aliphatic heterocycles. The van der Waals surface area contributed by atoms with E-state index in [1.165, 1.54) is 17.7 Å². The molecule has 0 aliphatic carbocycles. The molecular weight excluding hydrogens is 265 g/mol. The topological polar surface area (TPSA) is 21.3 Å². The molecule has 1 unspecified atom stereocenters. The van der Waals surface area contributed by atoms with Crippen LogP contribution in [-0.4, -0.2) is 13.7 Å². The summed E-state index contributed by atoms with van der Waals surface area (Å²) in [5, 5.41) is 3.15. The number of halogens is 1. The zero-order chi connectivity index (χ0) is 15.1. The molecule has 0 heterocycles. The standard InChI is InChI=1S/C18H22FNO/c1-14(20-2)17-11-10-16(19)13-18(17)21-12-6-9-15-7-4-3-5-8-15/h3-5,7-8,10-11,13-14,20H,6,9,12H2,1-2H3. The van der Waals surface area contributed by atoms with E-state index in [0.717, 1.165) is 18.4 Å². The second kappa shape index (κ2) is 7.79. The van der Waals surface area contributed by atoms with E-state index in [1.54, 1.807) is 6.07 Å². The van der Waals surface area contributed by atoms with Crippen LogP contribution >= 0.6 is 0 Å². The zero-order valence-corrected chi connectivity index (χ0v) is 12.6. The van der Waals surface area contributed by atoms with Crippen LogP contribution in [0.4, 0.5) is 4.39 Å². The van der Waals surface area contributed by atoms with E-state index in [9.17, 15) is 4.39 Å². The fourth-order valence-corrected chi connectivity index (χ4v) is 2.25. The van der Waals surface area contributed by atoms with Gasteiger partial charge in [0, 0.05) is 17.7 Å². The van der Waals surface area contributed by atoms with Gasteiger partial charge in [0.2, 0.25) is 0 Å². The molecule has 1 N–H and O–H groups in total. The predicted molar refractivity (Wildman–Crippen MR) is 84.1 cm³/mol. The molecule has 3 heteroatoms. The Labute approximate surface area is 126 Å². The van der Waals surface area contributed by atoms with E-state index in [2.05, 4.69) is 17.4 Å². The molecule has 0 amide bonds. The monoisotopic (exact) mass is 287 g/mol. The summed E-state index contributed by atoms with van der Waals surface area (Å²) in [6.45, 7) is 2.62. The van der Waals surface area contributed by atoms with E-state index in [-0.39, 0.29) is 11.9 Å². The Morgan fingerprint density at radius 2 is 1.90 bits per heavy atom. The number of hydrogen-bond acceptors (Lipinski definition) is 2. The van der Waals surface area contributed by atoms with Gasteiger partial charge in [0.05, 0.1) is 6.61 Å². The predicted octanol–water partition coefficient (Wildman–Crippen LogP) is 4.12. The van der Waals surface area contributed by atoms with Crippen LogP contribution in [0.1, 0.15) is 30.5 Å². The summed E-state index contributed by atoms with van der Waals surface area (Å²) in [6, 6.07) is 15.2. The van der Waals surface area contributed by atoms with Gasteiger partial charge in [0.25, 0.3) is 0 Å². The fourth-order valence-electron chi connectivity index (χ4n) is 2.25. The van der Waals surface area contributed by atoms with Crippen molar-refractivity contribution in [2.24, 2.45) is 0 Å². The first kappa shape index (κ1) is 15.5. The third kappa shape index (κ3) is 4.57. The molecule has 21 heavy (non-hydrogen) atoms. The smallest absolute Gasteiger partial charge is 0.126 e. The third-order valence-electron chi connectivity index (χ3n) is 3.59. The highest BCUT2D eigenvalue weighted by atomic mass is 19.1. The number of aryl methyl sites for hydroxylation is 1. The summed E-state index contributed by atoms with van der Waals surface area (Å²) in [6.07, 6.45) is 1.88. The minimum atomic E-state index is -0.264. The number of hydrogen-bond donors (Lipinski definition) is 1. The second-order valence-electron chi connectivity index (χ2n) is 5.13. The Kier molecular flexibility index (Phi) is 5.76. The van der Waals surface area contributed by atoms with Crippen molar-refractivity contribution in [3.8, 4) is 5.75 Å². The molecule has 0 radical (unpaired) electrons. The van der Waals surface area contributed by atoms with E-state index >= 15 is 0 Å². The van der Waals surface area contributed by atoms with Crippen molar-refractivity contribution < 1.29 is 9.13 Å². The Morgan fingerprint density at radius 3 is 2.62 bits per heavy atom. The normalized spacial score (nSPS) is 12.1. The van der Waals surface area contributed by atoms with Crippen LogP contribution in [0.5, 0.6) is 5.75 Å². The quantitative estimate of drug-likeness (QED) is 0.774. The van der Waals surface area contributed by atoms with Gasteiger partial charge in [-0.15, -0.1) is 0 Å². The number of benzene rings is 2. The maximum atomic E-state index is 13.4. The molecule has 0 saturated carbocycles. The van der Waals surface area contributed by atoms with Crippen molar-refractivity contribution in [1.29, 1.82) is 0 Å². The Morgan fingerprint density at radius 1 is 1.14 bits per heavy atom. The van der Waals surface area contributed by atoms with Gasteiger partial charge in [-0.1, -0.05) is 36.4 Å². The van der Waals surface area contributed by atoms with Crippen molar-refractivity contribution in [2.45, 2.75) is 25.8 Å². The molecule has 0 fully saturated rings. The van der Waals surface area contributed by atoms with E-state index in [0.29, 0.717) is 12.4 Å². The van der Waals surface area contributed by atoms with Crippen LogP contribution in [0.2, 0.25) is 0 Å². The maximum Gasteiger partial charge on any atom is 0.126 e. The lowest BCUT2D eigenvalue weighted by molar-refractivity contribution is 0.303. The number of nitrogens with one attached hydrogen (secondary N) is 1. The first-order valence-corrected chi connectivity index (χ1v) is 7.34.